The van der Waals surface area contributed by atoms with Crippen molar-refractivity contribution in [3.8, 4) is 11.4 Å². The largest absolute Gasteiger partial charge is 0.337 e. The third-order valence-corrected chi connectivity index (χ3v) is 4.06. The van der Waals surface area contributed by atoms with E-state index in [1.807, 2.05) is 24.4 Å². The zero-order valence-electron chi connectivity index (χ0n) is 11.4. The number of imidazole rings is 1. The molecule has 1 N–H and O–H groups in total. The SMILES string of the molecule is Cc1cccc(-c2nc3c(cnc4cc(Br)ccc43)[nH]2)c1. The average Bonchev–Trinajstić information content (AvgIpc) is 2.91. The topological polar surface area (TPSA) is 41.6 Å². The van der Waals surface area contributed by atoms with Crippen molar-refractivity contribution in [2.24, 2.45) is 0 Å². The quantitative estimate of drug-likeness (QED) is 0.539. The minimum atomic E-state index is 0.880. The van der Waals surface area contributed by atoms with Crippen LogP contribution in [-0.4, -0.2) is 15.0 Å². The van der Waals surface area contributed by atoms with Crippen LogP contribution in [0.25, 0.3) is 33.3 Å². The van der Waals surface area contributed by atoms with Crippen LogP contribution in [0.2, 0.25) is 0 Å². The van der Waals surface area contributed by atoms with Crippen LogP contribution in [0.4, 0.5) is 0 Å². The van der Waals surface area contributed by atoms with Crippen LogP contribution < -0.4 is 0 Å². The Labute approximate surface area is 130 Å². The van der Waals surface area contributed by atoms with E-state index in [1.54, 1.807) is 0 Å². The molecule has 0 aliphatic rings. The smallest absolute Gasteiger partial charge is 0.138 e. The highest BCUT2D eigenvalue weighted by molar-refractivity contribution is 9.10. The molecule has 0 aliphatic carbocycles. The summed E-state index contributed by atoms with van der Waals surface area (Å²) in [7, 11) is 0. The summed E-state index contributed by atoms with van der Waals surface area (Å²) in [6, 6.07) is 14.4. The second-order valence-electron chi connectivity index (χ2n) is 5.14. The van der Waals surface area contributed by atoms with Crippen molar-refractivity contribution < 1.29 is 0 Å². The normalized spacial score (nSPS) is 11.3. The van der Waals surface area contributed by atoms with Gasteiger partial charge >= 0.3 is 0 Å². The van der Waals surface area contributed by atoms with E-state index in [-0.39, 0.29) is 0 Å². The monoisotopic (exact) mass is 337 g/mol. The highest BCUT2D eigenvalue weighted by atomic mass is 79.9. The van der Waals surface area contributed by atoms with Crippen molar-refractivity contribution in [2.45, 2.75) is 6.92 Å². The maximum Gasteiger partial charge on any atom is 0.138 e. The molecule has 2 aromatic carbocycles. The molecule has 0 bridgehead atoms. The first kappa shape index (κ1) is 12.5. The van der Waals surface area contributed by atoms with Gasteiger partial charge < -0.3 is 4.98 Å². The van der Waals surface area contributed by atoms with Crippen LogP contribution in [0.3, 0.4) is 0 Å². The number of hydrogen-bond acceptors (Lipinski definition) is 2. The van der Waals surface area contributed by atoms with Crippen molar-refractivity contribution in [3.63, 3.8) is 0 Å². The number of pyridine rings is 1. The summed E-state index contributed by atoms with van der Waals surface area (Å²) in [5.41, 5.74) is 5.18. The Hall–Kier alpha value is -2.20. The first-order valence-electron chi connectivity index (χ1n) is 6.72. The van der Waals surface area contributed by atoms with Gasteiger partial charge in [-0.15, -0.1) is 0 Å². The van der Waals surface area contributed by atoms with Gasteiger partial charge in [-0.05, 0) is 31.2 Å². The molecule has 2 aromatic heterocycles. The first-order valence-corrected chi connectivity index (χ1v) is 7.51. The van der Waals surface area contributed by atoms with Crippen LogP contribution in [-0.2, 0) is 0 Å². The van der Waals surface area contributed by atoms with Crippen LogP contribution in [0.1, 0.15) is 5.56 Å². The number of aromatic nitrogens is 3. The van der Waals surface area contributed by atoms with Crippen molar-refractivity contribution in [1.29, 1.82) is 0 Å². The summed E-state index contributed by atoms with van der Waals surface area (Å²) in [5, 5.41) is 1.06. The van der Waals surface area contributed by atoms with Crippen molar-refractivity contribution in [3.05, 3.63) is 58.7 Å². The molecule has 0 saturated carbocycles. The molecule has 3 nitrogen and oxygen atoms in total. The Morgan fingerprint density at radius 2 is 2.00 bits per heavy atom. The first-order chi connectivity index (χ1) is 10.2. The predicted octanol–water partition coefficient (Wildman–Crippen LogP) is 4.85. The molecule has 0 fully saturated rings. The number of fused-ring (bicyclic) bond motifs is 3. The van der Waals surface area contributed by atoms with Crippen molar-refractivity contribution in [1.82, 2.24) is 15.0 Å². The summed E-state index contributed by atoms with van der Waals surface area (Å²) < 4.78 is 1.02. The Morgan fingerprint density at radius 1 is 1.10 bits per heavy atom. The zero-order chi connectivity index (χ0) is 14.4. The molecule has 0 spiro atoms. The maximum absolute atomic E-state index is 4.77. The van der Waals surface area contributed by atoms with E-state index in [1.165, 1.54) is 5.56 Å². The lowest BCUT2D eigenvalue weighted by molar-refractivity contribution is 1.32. The van der Waals surface area contributed by atoms with E-state index in [4.69, 9.17) is 4.98 Å². The number of benzene rings is 2. The average molecular weight is 338 g/mol. The number of aryl methyl sites for hydroxylation is 1. The third-order valence-electron chi connectivity index (χ3n) is 3.57. The highest BCUT2D eigenvalue weighted by Gasteiger charge is 2.09. The number of halogens is 1. The fourth-order valence-electron chi connectivity index (χ4n) is 2.56. The molecule has 0 saturated heterocycles. The van der Waals surface area contributed by atoms with Gasteiger partial charge in [0, 0.05) is 15.4 Å². The van der Waals surface area contributed by atoms with E-state index in [9.17, 15) is 0 Å². The lowest BCUT2D eigenvalue weighted by Crippen LogP contribution is -1.81. The van der Waals surface area contributed by atoms with Gasteiger partial charge in [-0.1, -0.05) is 39.7 Å². The van der Waals surface area contributed by atoms with Gasteiger partial charge in [-0.2, -0.15) is 0 Å². The molecular weight excluding hydrogens is 326 g/mol. The maximum atomic E-state index is 4.77. The van der Waals surface area contributed by atoms with Gasteiger partial charge in [-0.3, -0.25) is 4.98 Å². The van der Waals surface area contributed by atoms with E-state index in [0.717, 1.165) is 37.8 Å². The second kappa shape index (κ2) is 4.67. The summed E-state index contributed by atoms with van der Waals surface area (Å²) in [4.78, 5) is 12.6. The Bertz CT molecular complexity index is 972. The standard InChI is InChI=1S/C17H12BrN3/c1-10-3-2-4-11(7-10)17-20-15-9-19-14-8-12(18)5-6-13(14)16(15)21-17/h2-9H,1H3,(H,20,21). The van der Waals surface area contributed by atoms with Crippen LogP contribution in [0.15, 0.2) is 53.1 Å². The van der Waals surface area contributed by atoms with Crippen LogP contribution in [0, 0.1) is 6.92 Å². The molecule has 0 atom stereocenters. The highest BCUT2D eigenvalue weighted by Crippen LogP contribution is 2.27. The van der Waals surface area contributed by atoms with Crippen LogP contribution in [0.5, 0.6) is 0 Å². The van der Waals surface area contributed by atoms with Crippen LogP contribution >= 0.6 is 15.9 Å². The Morgan fingerprint density at radius 3 is 2.86 bits per heavy atom. The molecule has 102 valence electrons. The minimum absolute atomic E-state index is 0.880. The van der Waals surface area contributed by atoms with Gasteiger partial charge in [-0.25, -0.2) is 4.98 Å². The van der Waals surface area contributed by atoms with Gasteiger partial charge in [0.2, 0.25) is 0 Å². The Balaban J connectivity index is 1.99. The summed E-state index contributed by atoms with van der Waals surface area (Å²) in [6.07, 6.45) is 1.84. The molecular formula is C17H12BrN3. The number of rotatable bonds is 1. The molecule has 0 unspecified atom stereocenters. The molecule has 4 aromatic rings. The Kier molecular flexibility index (Phi) is 2.79. The summed E-state index contributed by atoms with van der Waals surface area (Å²) >= 11 is 3.48. The molecule has 4 heteroatoms. The molecule has 0 aliphatic heterocycles. The zero-order valence-corrected chi connectivity index (χ0v) is 13.0. The summed E-state index contributed by atoms with van der Waals surface area (Å²) in [6.45, 7) is 2.08. The lowest BCUT2D eigenvalue weighted by Gasteiger charge is -1.98. The number of nitrogens with one attached hydrogen (secondary N) is 1. The summed E-state index contributed by atoms with van der Waals surface area (Å²) in [5.74, 6) is 0.880. The molecule has 0 amide bonds. The van der Waals surface area contributed by atoms with Gasteiger partial charge in [0.1, 0.15) is 5.82 Å². The van der Waals surface area contributed by atoms with Crippen molar-refractivity contribution in [2.75, 3.05) is 0 Å². The fraction of sp³-hybridized carbons (Fsp3) is 0.0588. The van der Waals surface area contributed by atoms with E-state index in [0.29, 0.717) is 0 Å². The number of hydrogen-bond donors (Lipinski definition) is 1. The fourth-order valence-corrected chi connectivity index (χ4v) is 2.91. The number of aromatic amines is 1. The second-order valence-corrected chi connectivity index (χ2v) is 6.05. The lowest BCUT2D eigenvalue weighted by atomic mass is 10.1. The minimum Gasteiger partial charge on any atom is -0.337 e. The van der Waals surface area contributed by atoms with Crippen molar-refractivity contribution >= 4 is 37.9 Å². The van der Waals surface area contributed by atoms with Gasteiger partial charge in [0.15, 0.2) is 0 Å². The number of nitrogens with zero attached hydrogens (tertiary/aromatic N) is 2. The molecule has 2 heterocycles. The predicted molar refractivity (Wildman–Crippen MR) is 89.3 cm³/mol. The molecule has 0 radical (unpaired) electrons. The van der Waals surface area contributed by atoms with Gasteiger partial charge in [0.25, 0.3) is 0 Å². The number of H-pyrrole nitrogens is 1. The molecule has 4 rings (SSSR count). The molecule has 21 heavy (non-hydrogen) atoms. The van der Waals surface area contributed by atoms with E-state index < -0.39 is 0 Å². The van der Waals surface area contributed by atoms with Gasteiger partial charge in [0.05, 0.1) is 22.7 Å². The third kappa shape index (κ3) is 2.12. The van der Waals surface area contributed by atoms with E-state index >= 15 is 0 Å². The van der Waals surface area contributed by atoms with E-state index in [2.05, 4.69) is 57.1 Å².